The normalized spacial score (nSPS) is 20.1. The first-order valence-electron chi connectivity index (χ1n) is 7.21. The Labute approximate surface area is 139 Å². The third-order valence-electron chi connectivity index (χ3n) is 3.77. The van der Waals surface area contributed by atoms with Crippen molar-refractivity contribution in [2.45, 2.75) is 25.9 Å². The van der Waals surface area contributed by atoms with Gasteiger partial charge in [0.15, 0.2) is 0 Å². The van der Waals surface area contributed by atoms with Crippen LogP contribution in [0, 0.1) is 6.92 Å². The molecule has 0 saturated carbocycles. The van der Waals surface area contributed by atoms with Crippen LogP contribution in [0.25, 0.3) is 0 Å². The monoisotopic (exact) mass is 332 g/mol. The van der Waals surface area contributed by atoms with E-state index in [0.29, 0.717) is 23.0 Å². The number of carbonyl (C=O) groups excluding carboxylic acids is 1. The number of carbonyl (C=O) groups is 1. The largest absolute Gasteiger partial charge is 0.379 e. The van der Waals surface area contributed by atoms with Gasteiger partial charge in [0.2, 0.25) is 5.60 Å². The van der Waals surface area contributed by atoms with Gasteiger partial charge < -0.3 is 10.2 Å². The number of halogens is 1. The second kappa shape index (κ2) is 5.70. The minimum atomic E-state index is -1.08. The highest BCUT2D eigenvalue weighted by molar-refractivity contribution is 6.34. The smallest absolute Gasteiger partial charge is 0.272 e. The Kier molecular flexibility index (Phi) is 3.85. The molecule has 7 heteroatoms. The third kappa shape index (κ3) is 2.94. The molecule has 0 fully saturated rings. The molecule has 0 radical (unpaired) electrons. The first kappa shape index (κ1) is 15.6. The summed E-state index contributed by atoms with van der Waals surface area (Å²) >= 11 is 6.18. The van der Waals surface area contributed by atoms with Crippen LogP contribution in [0.1, 0.15) is 24.6 Å². The summed E-state index contributed by atoms with van der Waals surface area (Å²) < 4.78 is 1.61. The van der Waals surface area contributed by atoms with Gasteiger partial charge in [-0.05, 0) is 19.9 Å². The molecule has 120 valence electrons. The fourth-order valence-corrected chi connectivity index (χ4v) is 2.72. The van der Waals surface area contributed by atoms with E-state index in [1.807, 2.05) is 25.1 Å². The van der Waals surface area contributed by atoms with Crippen molar-refractivity contribution in [2.75, 3.05) is 5.32 Å². The highest BCUT2D eigenvalue weighted by Crippen LogP contribution is 2.30. The standard InChI is InChI=1S/C16H17ClN4O2/c1-10-8-14(21(3)19-10)18-15(22)16(2)9-13(20-23-16)11-6-4-5-7-12(11)17/h4-8H,9H2,1-3H3,(H,18,22). The lowest BCUT2D eigenvalue weighted by Crippen LogP contribution is -2.40. The molecule has 1 aromatic carbocycles. The Bertz CT molecular complexity index is 799. The number of anilines is 1. The third-order valence-corrected chi connectivity index (χ3v) is 4.10. The van der Waals surface area contributed by atoms with Crippen molar-refractivity contribution in [1.29, 1.82) is 0 Å². The lowest BCUT2D eigenvalue weighted by molar-refractivity contribution is -0.136. The molecular weight excluding hydrogens is 316 g/mol. The number of hydrogen-bond acceptors (Lipinski definition) is 4. The van der Waals surface area contributed by atoms with Crippen LogP contribution < -0.4 is 5.32 Å². The van der Waals surface area contributed by atoms with Crippen LogP contribution in [0.3, 0.4) is 0 Å². The zero-order valence-electron chi connectivity index (χ0n) is 13.1. The lowest BCUT2D eigenvalue weighted by Gasteiger charge is -2.20. The molecule has 0 saturated heterocycles. The maximum absolute atomic E-state index is 12.6. The zero-order chi connectivity index (χ0) is 16.6. The Morgan fingerprint density at radius 2 is 2.17 bits per heavy atom. The molecule has 1 amide bonds. The van der Waals surface area contributed by atoms with Crippen molar-refractivity contribution < 1.29 is 9.63 Å². The summed E-state index contributed by atoms with van der Waals surface area (Å²) in [6.45, 7) is 3.57. The Balaban J connectivity index is 1.76. The number of hydrogen-bond donors (Lipinski definition) is 1. The number of aromatic nitrogens is 2. The van der Waals surface area contributed by atoms with E-state index < -0.39 is 5.60 Å². The zero-order valence-corrected chi connectivity index (χ0v) is 13.9. The number of benzene rings is 1. The SMILES string of the molecule is Cc1cc(NC(=O)C2(C)CC(c3ccccc3Cl)=NO2)n(C)n1. The van der Waals surface area contributed by atoms with E-state index in [1.54, 1.807) is 30.8 Å². The van der Waals surface area contributed by atoms with Crippen molar-refractivity contribution in [2.24, 2.45) is 12.2 Å². The maximum atomic E-state index is 12.6. The Morgan fingerprint density at radius 3 is 2.83 bits per heavy atom. The average molecular weight is 333 g/mol. The van der Waals surface area contributed by atoms with Gasteiger partial charge in [-0.3, -0.25) is 9.48 Å². The Morgan fingerprint density at radius 1 is 1.43 bits per heavy atom. The molecule has 0 spiro atoms. The van der Waals surface area contributed by atoms with Crippen LogP contribution in [-0.4, -0.2) is 27.0 Å². The van der Waals surface area contributed by atoms with Crippen molar-refractivity contribution in [3.8, 4) is 0 Å². The van der Waals surface area contributed by atoms with Crippen molar-refractivity contribution in [3.63, 3.8) is 0 Å². The predicted octanol–water partition coefficient (Wildman–Crippen LogP) is 2.90. The molecule has 1 unspecified atom stereocenters. The summed E-state index contributed by atoms with van der Waals surface area (Å²) in [6, 6.07) is 9.16. The second-order valence-corrected chi connectivity index (χ2v) is 6.17. The van der Waals surface area contributed by atoms with Crippen molar-refractivity contribution >= 4 is 29.0 Å². The maximum Gasteiger partial charge on any atom is 0.272 e. The van der Waals surface area contributed by atoms with Gasteiger partial charge in [0.05, 0.1) is 11.4 Å². The van der Waals surface area contributed by atoms with Crippen LogP contribution in [0.5, 0.6) is 0 Å². The van der Waals surface area contributed by atoms with E-state index >= 15 is 0 Å². The Hall–Kier alpha value is -2.34. The highest BCUT2D eigenvalue weighted by Gasteiger charge is 2.42. The first-order chi connectivity index (χ1) is 10.9. The van der Waals surface area contributed by atoms with Gasteiger partial charge in [-0.2, -0.15) is 5.10 Å². The fraction of sp³-hybridized carbons (Fsp3) is 0.312. The predicted molar refractivity (Wildman–Crippen MR) is 88.7 cm³/mol. The summed E-state index contributed by atoms with van der Waals surface area (Å²) in [7, 11) is 1.77. The van der Waals surface area contributed by atoms with Gasteiger partial charge >= 0.3 is 0 Å². The van der Waals surface area contributed by atoms with Crippen LogP contribution in [0.15, 0.2) is 35.5 Å². The number of rotatable bonds is 3. The van der Waals surface area contributed by atoms with Crippen molar-refractivity contribution in [3.05, 3.63) is 46.6 Å². The van der Waals surface area contributed by atoms with E-state index in [1.165, 1.54) is 0 Å². The number of nitrogens with zero attached hydrogens (tertiary/aromatic N) is 3. The number of aryl methyl sites for hydroxylation is 2. The average Bonchev–Trinajstić information content (AvgIpc) is 3.04. The molecule has 1 N–H and O–H groups in total. The minimum Gasteiger partial charge on any atom is -0.379 e. The summed E-state index contributed by atoms with van der Waals surface area (Å²) in [6.07, 6.45) is 0.347. The molecule has 23 heavy (non-hydrogen) atoms. The molecule has 1 aliphatic rings. The molecule has 0 aliphatic carbocycles. The number of amides is 1. The summed E-state index contributed by atoms with van der Waals surface area (Å²) in [5.41, 5.74) is 1.19. The molecule has 6 nitrogen and oxygen atoms in total. The quantitative estimate of drug-likeness (QED) is 0.939. The van der Waals surface area contributed by atoms with E-state index in [0.717, 1.165) is 11.3 Å². The van der Waals surface area contributed by atoms with Gasteiger partial charge in [0.1, 0.15) is 5.82 Å². The molecule has 1 aromatic heterocycles. The molecule has 2 aromatic rings. The van der Waals surface area contributed by atoms with Gasteiger partial charge in [0.25, 0.3) is 5.91 Å². The van der Waals surface area contributed by atoms with Crippen LogP contribution >= 0.6 is 11.6 Å². The summed E-state index contributed by atoms with van der Waals surface area (Å²) in [4.78, 5) is 18.0. The fourth-order valence-electron chi connectivity index (χ4n) is 2.48. The van der Waals surface area contributed by atoms with E-state index in [2.05, 4.69) is 15.6 Å². The van der Waals surface area contributed by atoms with Gasteiger partial charge in [-0.15, -0.1) is 0 Å². The summed E-state index contributed by atoms with van der Waals surface area (Å²) in [5, 5.41) is 11.7. The lowest BCUT2D eigenvalue weighted by atomic mass is 9.95. The van der Waals surface area contributed by atoms with E-state index in [-0.39, 0.29) is 5.91 Å². The van der Waals surface area contributed by atoms with Crippen LogP contribution in [-0.2, 0) is 16.7 Å². The molecule has 1 atom stereocenters. The van der Waals surface area contributed by atoms with E-state index in [4.69, 9.17) is 16.4 Å². The highest BCUT2D eigenvalue weighted by atomic mass is 35.5. The van der Waals surface area contributed by atoms with Crippen molar-refractivity contribution in [1.82, 2.24) is 9.78 Å². The first-order valence-corrected chi connectivity index (χ1v) is 7.59. The van der Waals surface area contributed by atoms with E-state index in [9.17, 15) is 4.79 Å². The second-order valence-electron chi connectivity index (χ2n) is 5.77. The molecule has 1 aliphatic heterocycles. The summed E-state index contributed by atoms with van der Waals surface area (Å²) in [5.74, 6) is 0.342. The molecule has 0 bridgehead atoms. The minimum absolute atomic E-state index is 0.272. The molecule has 2 heterocycles. The van der Waals surface area contributed by atoms with Gasteiger partial charge in [-0.25, -0.2) is 0 Å². The topological polar surface area (TPSA) is 68.5 Å². The van der Waals surface area contributed by atoms with Gasteiger partial charge in [0, 0.05) is 30.1 Å². The van der Waals surface area contributed by atoms with Crippen LogP contribution in [0.2, 0.25) is 5.02 Å². The molecule has 3 rings (SSSR count). The number of oxime groups is 1. The van der Waals surface area contributed by atoms with Crippen LogP contribution in [0.4, 0.5) is 5.82 Å². The van der Waals surface area contributed by atoms with Gasteiger partial charge in [-0.1, -0.05) is 35.0 Å². The number of nitrogens with one attached hydrogen (secondary N) is 1. The molecular formula is C16H17ClN4O2.